The number of ether oxygens (including phenoxy) is 1. The van der Waals surface area contributed by atoms with E-state index in [9.17, 15) is 4.79 Å². The van der Waals surface area contributed by atoms with Gasteiger partial charge in [-0.3, -0.25) is 0 Å². The molecule has 1 N–H and O–H groups in total. The van der Waals surface area contributed by atoms with Gasteiger partial charge in [0.2, 0.25) is 0 Å². The molecule has 1 unspecified atom stereocenters. The molecule has 104 valence electrons. The molecule has 1 aromatic carbocycles. The summed E-state index contributed by atoms with van der Waals surface area (Å²) in [6.07, 6.45) is 3.14. The van der Waals surface area contributed by atoms with E-state index in [1.54, 1.807) is 11.8 Å². The number of hydrogen-bond donors (Lipinski definition) is 1. The van der Waals surface area contributed by atoms with Crippen molar-refractivity contribution in [1.82, 2.24) is 4.90 Å². The number of rotatable bonds is 3. The van der Waals surface area contributed by atoms with Crippen LogP contribution in [0.1, 0.15) is 13.3 Å². The largest absolute Gasteiger partial charge is 0.375 e. The molecule has 1 heterocycles. The molecule has 1 atom stereocenters. The van der Waals surface area contributed by atoms with Crippen molar-refractivity contribution in [3.8, 4) is 0 Å². The Morgan fingerprint density at radius 1 is 1.47 bits per heavy atom. The SMILES string of the molecule is CCC1CN(C(=O)Nc2ccc(SC)cc2)CCO1. The van der Waals surface area contributed by atoms with Gasteiger partial charge in [0.25, 0.3) is 0 Å². The molecule has 2 rings (SSSR count). The lowest BCUT2D eigenvalue weighted by atomic mass is 10.2. The summed E-state index contributed by atoms with van der Waals surface area (Å²) >= 11 is 1.69. The van der Waals surface area contributed by atoms with E-state index in [1.807, 2.05) is 35.4 Å². The van der Waals surface area contributed by atoms with Crippen LogP contribution in [0.5, 0.6) is 0 Å². The highest BCUT2D eigenvalue weighted by molar-refractivity contribution is 7.98. The van der Waals surface area contributed by atoms with Gasteiger partial charge in [-0.1, -0.05) is 6.92 Å². The van der Waals surface area contributed by atoms with Crippen LogP contribution in [-0.4, -0.2) is 43.0 Å². The van der Waals surface area contributed by atoms with Crippen molar-refractivity contribution in [2.45, 2.75) is 24.3 Å². The Bertz CT molecular complexity index is 422. The van der Waals surface area contributed by atoms with E-state index in [2.05, 4.69) is 12.2 Å². The van der Waals surface area contributed by atoms with Crippen LogP contribution >= 0.6 is 11.8 Å². The second-order valence-electron chi connectivity index (χ2n) is 4.51. The van der Waals surface area contributed by atoms with Crippen molar-refractivity contribution >= 4 is 23.5 Å². The number of amides is 2. The minimum atomic E-state index is -0.0429. The first-order chi connectivity index (χ1) is 9.22. The molecule has 0 radical (unpaired) electrons. The number of carbonyl (C=O) groups excluding carboxylic acids is 1. The van der Waals surface area contributed by atoms with E-state index in [-0.39, 0.29) is 12.1 Å². The minimum Gasteiger partial charge on any atom is -0.375 e. The smallest absolute Gasteiger partial charge is 0.322 e. The second-order valence-corrected chi connectivity index (χ2v) is 5.39. The van der Waals surface area contributed by atoms with Gasteiger partial charge < -0.3 is 15.0 Å². The molecular formula is C14H20N2O2S. The third kappa shape index (κ3) is 3.88. The zero-order valence-corrected chi connectivity index (χ0v) is 12.2. The number of urea groups is 1. The summed E-state index contributed by atoms with van der Waals surface area (Å²) in [5.74, 6) is 0. The van der Waals surface area contributed by atoms with E-state index in [0.717, 1.165) is 12.1 Å². The average molecular weight is 280 g/mol. The van der Waals surface area contributed by atoms with Gasteiger partial charge in [-0.25, -0.2) is 4.79 Å². The lowest BCUT2D eigenvalue weighted by Crippen LogP contribution is -2.47. The number of carbonyl (C=O) groups is 1. The Hall–Kier alpha value is -1.20. The quantitative estimate of drug-likeness (QED) is 0.865. The van der Waals surface area contributed by atoms with Crippen LogP contribution in [-0.2, 0) is 4.74 Å². The van der Waals surface area contributed by atoms with E-state index < -0.39 is 0 Å². The molecular weight excluding hydrogens is 260 g/mol. The predicted octanol–water partition coefficient (Wildman–Crippen LogP) is 3.05. The van der Waals surface area contributed by atoms with Crippen LogP contribution in [0.3, 0.4) is 0 Å². The standard InChI is InChI=1S/C14H20N2O2S/c1-3-12-10-16(8-9-18-12)14(17)15-11-4-6-13(19-2)7-5-11/h4-7,12H,3,8-10H2,1-2H3,(H,15,17). The summed E-state index contributed by atoms with van der Waals surface area (Å²) < 4.78 is 5.56. The Morgan fingerprint density at radius 3 is 2.84 bits per heavy atom. The summed E-state index contributed by atoms with van der Waals surface area (Å²) in [5, 5.41) is 2.93. The lowest BCUT2D eigenvalue weighted by molar-refractivity contribution is -0.0134. The van der Waals surface area contributed by atoms with E-state index in [4.69, 9.17) is 4.74 Å². The number of nitrogens with one attached hydrogen (secondary N) is 1. The Morgan fingerprint density at radius 2 is 2.21 bits per heavy atom. The zero-order valence-electron chi connectivity index (χ0n) is 11.4. The first-order valence-electron chi connectivity index (χ1n) is 6.54. The van der Waals surface area contributed by atoms with Crippen molar-refractivity contribution in [3.63, 3.8) is 0 Å². The van der Waals surface area contributed by atoms with Gasteiger partial charge in [0.1, 0.15) is 0 Å². The minimum absolute atomic E-state index is 0.0429. The summed E-state index contributed by atoms with van der Waals surface area (Å²) in [4.78, 5) is 15.1. The fraction of sp³-hybridized carbons (Fsp3) is 0.500. The summed E-state index contributed by atoms with van der Waals surface area (Å²) in [6.45, 7) is 4.03. The summed E-state index contributed by atoms with van der Waals surface area (Å²) in [5.41, 5.74) is 0.836. The first kappa shape index (κ1) is 14.2. The van der Waals surface area contributed by atoms with Gasteiger partial charge >= 0.3 is 6.03 Å². The van der Waals surface area contributed by atoms with Gasteiger partial charge in [-0.2, -0.15) is 0 Å². The molecule has 0 aliphatic carbocycles. The van der Waals surface area contributed by atoms with Crippen LogP contribution < -0.4 is 5.32 Å². The van der Waals surface area contributed by atoms with Crippen molar-refractivity contribution in [1.29, 1.82) is 0 Å². The summed E-state index contributed by atoms with van der Waals surface area (Å²) in [7, 11) is 0. The highest BCUT2D eigenvalue weighted by atomic mass is 32.2. The van der Waals surface area contributed by atoms with Crippen molar-refractivity contribution < 1.29 is 9.53 Å². The molecule has 1 saturated heterocycles. The molecule has 1 aliphatic heterocycles. The van der Waals surface area contributed by atoms with Crippen molar-refractivity contribution in [2.24, 2.45) is 0 Å². The van der Waals surface area contributed by atoms with Gasteiger partial charge in [0.15, 0.2) is 0 Å². The van der Waals surface area contributed by atoms with Gasteiger partial charge in [-0.05, 0) is 36.9 Å². The summed E-state index contributed by atoms with van der Waals surface area (Å²) in [6, 6.07) is 7.84. The second kappa shape index (κ2) is 6.82. The molecule has 19 heavy (non-hydrogen) atoms. The number of hydrogen-bond acceptors (Lipinski definition) is 3. The highest BCUT2D eigenvalue weighted by Crippen LogP contribution is 2.18. The third-order valence-corrected chi connectivity index (χ3v) is 3.97. The molecule has 2 amide bonds. The van der Waals surface area contributed by atoms with Crippen LogP contribution in [0, 0.1) is 0 Å². The molecule has 5 heteroatoms. The number of anilines is 1. The molecule has 1 fully saturated rings. The fourth-order valence-corrected chi connectivity index (χ4v) is 2.44. The van der Waals surface area contributed by atoms with Crippen LogP contribution in [0.4, 0.5) is 10.5 Å². The van der Waals surface area contributed by atoms with Crippen molar-refractivity contribution in [3.05, 3.63) is 24.3 Å². The Labute approximate surface area is 118 Å². The van der Waals surface area contributed by atoms with Gasteiger partial charge in [0, 0.05) is 23.7 Å². The Balaban J connectivity index is 1.92. The molecule has 0 bridgehead atoms. The van der Waals surface area contributed by atoms with Crippen LogP contribution in [0.2, 0.25) is 0 Å². The van der Waals surface area contributed by atoms with Crippen LogP contribution in [0.25, 0.3) is 0 Å². The maximum absolute atomic E-state index is 12.1. The average Bonchev–Trinajstić information content (AvgIpc) is 2.48. The highest BCUT2D eigenvalue weighted by Gasteiger charge is 2.22. The fourth-order valence-electron chi connectivity index (χ4n) is 2.03. The third-order valence-electron chi connectivity index (χ3n) is 3.22. The number of nitrogens with zero attached hydrogens (tertiary/aromatic N) is 1. The molecule has 4 nitrogen and oxygen atoms in total. The molecule has 1 aromatic rings. The molecule has 0 saturated carbocycles. The first-order valence-corrected chi connectivity index (χ1v) is 7.77. The monoisotopic (exact) mass is 280 g/mol. The molecule has 0 aromatic heterocycles. The number of thioether (sulfide) groups is 1. The van der Waals surface area contributed by atoms with E-state index >= 15 is 0 Å². The van der Waals surface area contributed by atoms with E-state index in [1.165, 1.54) is 4.90 Å². The van der Waals surface area contributed by atoms with Gasteiger partial charge in [-0.15, -0.1) is 11.8 Å². The zero-order chi connectivity index (χ0) is 13.7. The topological polar surface area (TPSA) is 41.6 Å². The number of morpholine rings is 1. The lowest BCUT2D eigenvalue weighted by Gasteiger charge is -2.32. The molecule has 0 spiro atoms. The van der Waals surface area contributed by atoms with Gasteiger partial charge in [0.05, 0.1) is 12.7 Å². The number of benzene rings is 1. The molecule has 1 aliphatic rings. The predicted molar refractivity (Wildman–Crippen MR) is 78.8 cm³/mol. The van der Waals surface area contributed by atoms with E-state index in [0.29, 0.717) is 19.7 Å². The normalized spacial score (nSPS) is 19.3. The maximum Gasteiger partial charge on any atom is 0.322 e. The van der Waals surface area contributed by atoms with Crippen LogP contribution in [0.15, 0.2) is 29.2 Å². The Kier molecular flexibility index (Phi) is 5.10. The maximum atomic E-state index is 12.1. The van der Waals surface area contributed by atoms with Crippen molar-refractivity contribution in [2.75, 3.05) is 31.3 Å².